The van der Waals surface area contributed by atoms with Crippen molar-refractivity contribution in [2.45, 2.75) is 53.6 Å². The highest BCUT2D eigenvalue weighted by molar-refractivity contribution is 5.82. The van der Waals surface area contributed by atoms with Gasteiger partial charge in [0.2, 0.25) is 5.91 Å². The van der Waals surface area contributed by atoms with E-state index in [2.05, 4.69) is 5.32 Å². The van der Waals surface area contributed by atoms with Gasteiger partial charge in [-0.1, -0.05) is 53.7 Å². The first-order chi connectivity index (χ1) is 9.43. The average molecular weight is 294 g/mol. The number of hydrogen-bond donors (Lipinski definition) is 2. The molecule has 0 saturated carbocycles. The fourth-order valence-corrected chi connectivity index (χ4v) is 2.08. The number of nitrogens with one attached hydrogen (secondary N) is 1. The smallest absolute Gasteiger partial charge is 0.237 e. The molecule has 1 aromatic rings. The predicted octanol–water partition coefficient (Wildman–Crippen LogP) is 3.40. The summed E-state index contributed by atoms with van der Waals surface area (Å²) >= 11 is 0. The Labute approximate surface area is 127 Å². The van der Waals surface area contributed by atoms with Gasteiger partial charge in [-0.25, -0.2) is 4.39 Å². The van der Waals surface area contributed by atoms with E-state index in [0.29, 0.717) is 0 Å². The van der Waals surface area contributed by atoms with Gasteiger partial charge in [-0.15, -0.1) is 0 Å². The summed E-state index contributed by atoms with van der Waals surface area (Å²) in [7, 11) is 0. The number of carbonyl (C=O) groups excluding carboxylic acids is 1. The van der Waals surface area contributed by atoms with Crippen LogP contribution in [0.2, 0.25) is 0 Å². The first-order valence-electron chi connectivity index (χ1n) is 7.24. The molecule has 1 rings (SSSR count). The maximum Gasteiger partial charge on any atom is 0.237 e. The zero-order chi connectivity index (χ0) is 16.4. The van der Waals surface area contributed by atoms with Crippen LogP contribution >= 0.6 is 0 Å². The normalized spacial score (nSPS) is 15.4. The highest BCUT2D eigenvalue weighted by Gasteiger charge is 2.33. The van der Waals surface area contributed by atoms with Gasteiger partial charge in [0, 0.05) is 0 Å². The Morgan fingerprint density at radius 2 is 1.52 bits per heavy atom. The van der Waals surface area contributed by atoms with Gasteiger partial charge in [0.05, 0.1) is 12.1 Å². The van der Waals surface area contributed by atoms with Crippen LogP contribution < -0.4 is 11.1 Å². The zero-order valence-electron chi connectivity index (χ0n) is 13.8. The van der Waals surface area contributed by atoms with E-state index in [0.717, 1.165) is 5.56 Å². The van der Waals surface area contributed by atoms with Gasteiger partial charge in [-0.2, -0.15) is 0 Å². The molecule has 0 saturated heterocycles. The summed E-state index contributed by atoms with van der Waals surface area (Å²) in [5.74, 6) is -0.476. The Bertz CT molecular complexity index is 483. The molecular weight excluding hydrogens is 267 g/mol. The molecule has 0 aliphatic carbocycles. The van der Waals surface area contributed by atoms with E-state index >= 15 is 0 Å². The molecule has 0 bridgehead atoms. The maximum atomic E-state index is 13.1. The monoisotopic (exact) mass is 294 g/mol. The number of nitrogens with two attached hydrogens (primary N) is 1. The Morgan fingerprint density at radius 3 is 1.90 bits per heavy atom. The van der Waals surface area contributed by atoms with Crippen LogP contribution in [-0.4, -0.2) is 11.9 Å². The molecule has 0 aliphatic rings. The van der Waals surface area contributed by atoms with Crippen molar-refractivity contribution in [3.05, 3.63) is 35.6 Å². The Balaban J connectivity index is 3.01. The van der Waals surface area contributed by atoms with Crippen molar-refractivity contribution >= 4 is 5.91 Å². The standard InChI is InChI=1S/C17H27FN2O/c1-16(2,3)13(19)15(21)20-14(17(4,5)6)11-7-9-12(18)10-8-11/h7-10,13-14H,19H2,1-6H3,(H,20,21)/t13-,14?/m0/s1. The molecule has 1 aromatic carbocycles. The first kappa shape index (κ1) is 17.6. The third kappa shape index (κ3) is 4.81. The molecule has 3 N–H and O–H groups in total. The van der Waals surface area contributed by atoms with Gasteiger partial charge in [0.25, 0.3) is 0 Å². The van der Waals surface area contributed by atoms with Crippen LogP contribution in [0.25, 0.3) is 0 Å². The molecular formula is C17H27FN2O. The fraction of sp³-hybridized carbons (Fsp3) is 0.588. The number of carbonyl (C=O) groups is 1. The molecule has 118 valence electrons. The summed E-state index contributed by atoms with van der Waals surface area (Å²) in [4.78, 5) is 12.4. The second-order valence-corrected chi connectivity index (χ2v) is 7.70. The Hall–Kier alpha value is -1.42. The summed E-state index contributed by atoms with van der Waals surface area (Å²) in [5, 5.41) is 3.01. The first-order valence-corrected chi connectivity index (χ1v) is 7.24. The highest BCUT2D eigenvalue weighted by atomic mass is 19.1. The minimum atomic E-state index is -0.595. The number of halogens is 1. The molecule has 0 radical (unpaired) electrons. The van der Waals surface area contributed by atoms with E-state index in [1.54, 1.807) is 12.1 Å². The molecule has 0 spiro atoms. The molecule has 0 aliphatic heterocycles. The molecule has 21 heavy (non-hydrogen) atoms. The van der Waals surface area contributed by atoms with Crippen molar-refractivity contribution in [2.75, 3.05) is 0 Å². The minimum Gasteiger partial charge on any atom is -0.347 e. The second-order valence-electron chi connectivity index (χ2n) is 7.70. The van der Waals surface area contributed by atoms with Crippen molar-refractivity contribution in [3.63, 3.8) is 0 Å². The summed E-state index contributed by atoms with van der Waals surface area (Å²) in [6, 6.07) is 5.40. The largest absolute Gasteiger partial charge is 0.347 e. The predicted molar refractivity (Wildman–Crippen MR) is 84.2 cm³/mol. The van der Waals surface area contributed by atoms with Crippen LogP contribution in [0.1, 0.15) is 53.1 Å². The number of hydrogen-bond acceptors (Lipinski definition) is 2. The lowest BCUT2D eigenvalue weighted by molar-refractivity contribution is -0.126. The van der Waals surface area contributed by atoms with Gasteiger partial charge in [-0.05, 0) is 28.5 Å². The molecule has 1 unspecified atom stereocenters. The van der Waals surface area contributed by atoms with Crippen LogP contribution in [0.5, 0.6) is 0 Å². The highest BCUT2D eigenvalue weighted by Crippen LogP contribution is 2.33. The van der Waals surface area contributed by atoms with E-state index in [-0.39, 0.29) is 28.6 Å². The van der Waals surface area contributed by atoms with Crippen molar-refractivity contribution in [1.82, 2.24) is 5.32 Å². The summed E-state index contributed by atoms with van der Waals surface area (Å²) < 4.78 is 13.1. The summed E-state index contributed by atoms with van der Waals surface area (Å²) in [6.07, 6.45) is 0. The van der Waals surface area contributed by atoms with E-state index in [4.69, 9.17) is 5.73 Å². The lowest BCUT2D eigenvalue weighted by atomic mass is 9.81. The number of benzene rings is 1. The minimum absolute atomic E-state index is 0.188. The summed E-state index contributed by atoms with van der Waals surface area (Å²) in [6.45, 7) is 11.9. The van der Waals surface area contributed by atoms with Crippen LogP contribution in [0.3, 0.4) is 0 Å². The molecule has 2 atom stereocenters. The Kier molecular flexibility index (Phi) is 5.16. The topological polar surface area (TPSA) is 55.1 Å². The average Bonchev–Trinajstić information content (AvgIpc) is 2.33. The van der Waals surface area contributed by atoms with Gasteiger partial charge >= 0.3 is 0 Å². The van der Waals surface area contributed by atoms with Crippen LogP contribution in [0.4, 0.5) is 4.39 Å². The molecule has 4 heteroatoms. The van der Waals surface area contributed by atoms with Crippen molar-refractivity contribution in [1.29, 1.82) is 0 Å². The van der Waals surface area contributed by atoms with Gasteiger partial charge < -0.3 is 11.1 Å². The Morgan fingerprint density at radius 1 is 1.05 bits per heavy atom. The third-order valence-corrected chi connectivity index (χ3v) is 3.57. The SMILES string of the molecule is CC(C)(C)C(NC(=O)[C@H](N)C(C)(C)C)c1ccc(F)cc1. The van der Waals surface area contributed by atoms with E-state index in [9.17, 15) is 9.18 Å². The van der Waals surface area contributed by atoms with Gasteiger partial charge in [0.15, 0.2) is 0 Å². The molecule has 1 amide bonds. The van der Waals surface area contributed by atoms with Crippen molar-refractivity contribution in [2.24, 2.45) is 16.6 Å². The molecule has 0 fully saturated rings. The third-order valence-electron chi connectivity index (χ3n) is 3.57. The number of rotatable bonds is 3. The van der Waals surface area contributed by atoms with Gasteiger partial charge in [-0.3, -0.25) is 4.79 Å². The van der Waals surface area contributed by atoms with E-state index in [1.165, 1.54) is 12.1 Å². The quantitative estimate of drug-likeness (QED) is 0.897. The lowest BCUT2D eigenvalue weighted by Gasteiger charge is -2.35. The van der Waals surface area contributed by atoms with Crippen LogP contribution in [0, 0.1) is 16.6 Å². The van der Waals surface area contributed by atoms with E-state index < -0.39 is 6.04 Å². The zero-order valence-corrected chi connectivity index (χ0v) is 13.8. The van der Waals surface area contributed by atoms with Crippen LogP contribution in [0.15, 0.2) is 24.3 Å². The maximum absolute atomic E-state index is 13.1. The molecule has 3 nitrogen and oxygen atoms in total. The van der Waals surface area contributed by atoms with E-state index in [1.807, 2.05) is 41.5 Å². The van der Waals surface area contributed by atoms with Crippen LogP contribution in [-0.2, 0) is 4.79 Å². The van der Waals surface area contributed by atoms with Crippen molar-refractivity contribution in [3.8, 4) is 0 Å². The number of amides is 1. The lowest BCUT2D eigenvalue weighted by Crippen LogP contribution is -2.51. The van der Waals surface area contributed by atoms with Crippen molar-refractivity contribution < 1.29 is 9.18 Å². The molecule has 0 aromatic heterocycles. The second kappa shape index (κ2) is 6.14. The fourth-order valence-electron chi connectivity index (χ4n) is 2.08. The summed E-state index contributed by atoms with van der Waals surface area (Å²) in [5.41, 5.74) is 6.38. The van der Waals surface area contributed by atoms with Gasteiger partial charge in [0.1, 0.15) is 5.82 Å². The molecule has 0 heterocycles.